The van der Waals surface area contributed by atoms with E-state index in [-0.39, 0.29) is 0 Å². The lowest BCUT2D eigenvalue weighted by molar-refractivity contribution is 0.133. The molecule has 3 nitrogen and oxygen atoms in total. The summed E-state index contributed by atoms with van der Waals surface area (Å²) in [5.41, 5.74) is 0. The van der Waals surface area contributed by atoms with Gasteiger partial charge in [0.05, 0.1) is 6.61 Å². The third-order valence-corrected chi connectivity index (χ3v) is 3.28. The second kappa shape index (κ2) is 10.6. The van der Waals surface area contributed by atoms with Crippen LogP contribution in [0.1, 0.15) is 19.8 Å². The molecule has 1 rings (SSSR count). The fraction of sp³-hybridized carbons (Fsp3) is 0.615. The van der Waals surface area contributed by atoms with Crippen molar-refractivity contribution in [3.63, 3.8) is 0 Å². The van der Waals surface area contributed by atoms with E-state index in [9.17, 15) is 0 Å². The van der Waals surface area contributed by atoms with Gasteiger partial charge in [0.1, 0.15) is 0 Å². The van der Waals surface area contributed by atoms with Gasteiger partial charge in [-0.3, -0.25) is 4.98 Å². The Hall–Kier alpha value is -0.580. The molecule has 4 heteroatoms. The standard InChI is InChI=1S/C13H22N2OS/c1-2-3-10-16-11-8-15-9-12-17-13-4-6-14-7-5-13/h4-7,15H,2-3,8-12H2,1H3. The molecule has 0 bridgehead atoms. The largest absolute Gasteiger partial charge is 0.380 e. The maximum Gasteiger partial charge on any atom is 0.0590 e. The minimum Gasteiger partial charge on any atom is -0.380 e. The normalized spacial score (nSPS) is 10.6. The number of thioether (sulfide) groups is 1. The molecule has 0 amide bonds. The van der Waals surface area contributed by atoms with Crippen molar-refractivity contribution in [3.05, 3.63) is 24.5 Å². The summed E-state index contributed by atoms with van der Waals surface area (Å²) >= 11 is 1.85. The van der Waals surface area contributed by atoms with Gasteiger partial charge in [-0.05, 0) is 18.6 Å². The average molecular weight is 254 g/mol. The van der Waals surface area contributed by atoms with E-state index in [2.05, 4.69) is 17.2 Å². The third kappa shape index (κ3) is 8.18. The van der Waals surface area contributed by atoms with Gasteiger partial charge in [0.15, 0.2) is 0 Å². The molecule has 0 spiro atoms. The summed E-state index contributed by atoms with van der Waals surface area (Å²) in [6, 6.07) is 4.08. The molecule has 1 aromatic heterocycles. The van der Waals surface area contributed by atoms with E-state index in [0.29, 0.717) is 0 Å². The van der Waals surface area contributed by atoms with E-state index in [4.69, 9.17) is 4.74 Å². The fourth-order valence-electron chi connectivity index (χ4n) is 1.29. The van der Waals surface area contributed by atoms with Crippen LogP contribution >= 0.6 is 11.8 Å². The Balaban J connectivity index is 1.85. The second-order valence-corrected chi connectivity index (χ2v) is 4.92. The van der Waals surface area contributed by atoms with Gasteiger partial charge in [-0.15, -0.1) is 11.8 Å². The molecule has 1 aromatic rings. The molecular formula is C13H22N2OS. The van der Waals surface area contributed by atoms with Crippen LogP contribution in [0, 0.1) is 0 Å². The van der Waals surface area contributed by atoms with Crippen molar-refractivity contribution in [2.45, 2.75) is 24.7 Å². The highest BCUT2D eigenvalue weighted by Gasteiger charge is 1.93. The number of nitrogens with zero attached hydrogens (tertiary/aromatic N) is 1. The summed E-state index contributed by atoms with van der Waals surface area (Å²) in [5, 5.41) is 3.37. The maximum atomic E-state index is 5.46. The third-order valence-electron chi connectivity index (χ3n) is 2.26. The van der Waals surface area contributed by atoms with Gasteiger partial charge in [-0.25, -0.2) is 0 Å². The molecule has 96 valence electrons. The highest BCUT2D eigenvalue weighted by molar-refractivity contribution is 7.99. The van der Waals surface area contributed by atoms with E-state index in [1.165, 1.54) is 11.3 Å². The van der Waals surface area contributed by atoms with Gasteiger partial charge in [0, 0.05) is 42.7 Å². The predicted molar refractivity (Wildman–Crippen MR) is 73.6 cm³/mol. The molecule has 17 heavy (non-hydrogen) atoms. The van der Waals surface area contributed by atoms with Crippen molar-refractivity contribution < 1.29 is 4.74 Å². The second-order valence-electron chi connectivity index (χ2n) is 3.75. The van der Waals surface area contributed by atoms with Crippen molar-refractivity contribution in [2.24, 2.45) is 0 Å². The minimum absolute atomic E-state index is 0.819. The summed E-state index contributed by atoms with van der Waals surface area (Å²) in [6.45, 7) is 5.85. The van der Waals surface area contributed by atoms with E-state index >= 15 is 0 Å². The first-order valence-corrected chi connectivity index (χ1v) is 7.23. The van der Waals surface area contributed by atoms with E-state index < -0.39 is 0 Å². The number of hydrogen-bond donors (Lipinski definition) is 1. The van der Waals surface area contributed by atoms with Crippen LogP contribution < -0.4 is 5.32 Å². The minimum atomic E-state index is 0.819. The SMILES string of the molecule is CCCCOCCNCCSc1ccncc1. The van der Waals surface area contributed by atoms with Gasteiger partial charge in [0.25, 0.3) is 0 Å². The van der Waals surface area contributed by atoms with Crippen LogP contribution in [0.15, 0.2) is 29.4 Å². The van der Waals surface area contributed by atoms with Crippen LogP contribution in [0.3, 0.4) is 0 Å². The van der Waals surface area contributed by atoms with Crippen molar-refractivity contribution in [1.82, 2.24) is 10.3 Å². The Kier molecular flexibility index (Phi) is 9.00. The van der Waals surface area contributed by atoms with Gasteiger partial charge < -0.3 is 10.1 Å². The van der Waals surface area contributed by atoms with Gasteiger partial charge in [-0.2, -0.15) is 0 Å². The summed E-state index contributed by atoms with van der Waals surface area (Å²) in [6.07, 6.45) is 6.03. The summed E-state index contributed by atoms with van der Waals surface area (Å²) in [4.78, 5) is 5.27. The molecule has 0 unspecified atom stereocenters. The zero-order valence-electron chi connectivity index (χ0n) is 10.5. The maximum absolute atomic E-state index is 5.46. The van der Waals surface area contributed by atoms with Crippen LogP contribution in [0.25, 0.3) is 0 Å². The van der Waals surface area contributed by atoms with Crippen molar-refractivity contribution >= 4 is 11.8 Å². The monoisotopic (exact) mass is 254 g/mol. The molecule has 0 aliphatic carbocycles. The number of nitrogens with one attached hydrogen (secondary N) is 1. The summed E-state index contributed by atoms with van der Waals surface area (Å²) < 4.78 is 5.46. The molecule has 0 atom stereocenters. The molecule has 0 fully saturated rings. The van der Waals surface area contributed by atoms with Gasteiger partial charge >= 0.3 is 0 Å². The smallest absolute Gasteiger partial charge is 0.0590 e. The van der Waals surface area contributed by atoms with Crippen LogP contribution in [0.5, 0.6) is 0 Å². The topological polar surface area (TPSA) is 34.1 Å². The Labute approximate surface area is 108 Å². The molecule has 1 N–H and O–H groups in total. The van der Waals surface area contributed by atoms with Crippen LogP contribution in [0.4, 0.5) is 0 Å². The number of rotatable bonds is 10. The quantitative estimate of drug-likeness (QED) is 0.514. The summed E-state index contributed by atoms with van der Waals surface area (Å²) in [7, 11) is 0. The first kappa shape index (κ1) is 14.5. The molecular weight excluding hydrogens is 232 g/mol. The van der Waals surface area contributed by atoms with E-state index in [1.54, 1.807) is 0 Å². The highest BCUT2D eigenvalue weighted by Crippen LogP contribution is 2.14. The number of hydrogen-bond acceptors (Lipinski definition) is 4. The van der Waals surface area contributed by atoms with Crippen LogP contribution in [-0.4, -0.2) is 37.0 Å². The number of pyridine rings is 1. The molecule has 0 aliphatic heterocycles. The number of unbranched alkanes of at least 4 members (excludes halogenated alkanes) is 1. The van der Waals surface area contributed by atoms with E-state index in [0.717, 1.165) is 38.5 Å². The lowest BCUT2D eigenvalue weighted by Crippen LogP contribution is -2.22. The molecule has 1 heterocycles. The molecule has 0 aliphatic rings. The van der Waals surface area contributed by atoms with Gasteiger partial charge in [-0.1, -0.05) is 13.3 Å². The first-order chi connectivity index (χ1) is 8.43. The van der Waals surface area contributed by atoms with Gasteiger partial charge in [0.2, 0.25) is 0 Å². The molecule has 0 radical (unpaired) electrons. The van der Waals surface area contributed by atoms with Crippen molar-refractivity contribution in [1.29, 1.82) is 0 Å². The van der Waals surface area contributed by atoms with Crippen LogP contribution in [-0.2, 0) is 4.74 Å². The summed E-state index contributed by atoms with van der Waals surface area (Å²) in [5.74, 6) is 1.08. The molecule has 0 aromatic carbocycles. The van der Waals surface area contributed by atoms with Crippen molar-refractivity contribution in [2.75, 3.05) is 32.1 Å². The van der Waals surface area contributed by atoms with Crippen molar-refractivity contribution in [3.8, 4) is 0 Å². The zero-order chi connectivity index (χ0) is 12.2. The zero-order valence-corrected chi connectivity index (χ0v) is 11.3. The lowest BCUT2D eigenvalue weighted by atomic mass is 10.4. The van der Waals surface area contributed by atoms with E-state index in [1.807, 2.05) is 36.3 Å². The Bertz CT molecular complexity index is 269. The Morgan fingerprint density at radius 2 is 2.06 bits per heavy atom. The first-order valence-electron chi connectivity index (χ1n) is 6.24. The molecule has 0 saturated heterocycles. The highest BCUT2D eigenvalue weighted by atomic mass is 32.2. The average Bonchev–Trinajstić information content (AvgIpc) is 2.38. The number of aromatic nitrogens is 1. The Morgan fingerprint density at radius 3 is 2.82 bits per heavy atom. The van der Waals surface area contributed by atoms with Crippen LogP contribution in [0.2, 0.25) is 0 Å². The Morgan fingerprint density at radius 1 is 1.24 bits per heavy atom. The number of ether oxygens (including phenoxy) is 1. The fourth-order valence-corrected chi connectivity index (χ4v) is 2.09. The lowest BCUT2D eigenvalue weighted by Gasteiger charge is -2.05. The molecule has 0 saturated carbocycles. The predicted octanol–water partition coefficient (Wildman–Crippen LogP) is 2.58.